The molecule has 0 saturated carbocycles. The van der Waals surface area contributed by atoms with Crippen molar-refractivity contribution in [2.24, 2.45) is 0 Å². The lowest BCUT2D eigenvalue weighted by Crippen LogP contribution is -2.24. The minimum Gasteiger partial charge on any atom is -0.506 e. The molecule has 0 aliphatic carbocycles. The van der Waals surface area contributed by atoms with Crippen molar-refractivity contribution >= 4 is 34.2 Å². The van der Waals surface area contributed by atoms with E-state index in [-0.39, 0.29) is 21.7 Å². The monoisotopic (exact) mass is 404 g/mol. The highest BCUT2D eigenvalue weighted by Gasteiger charge is 2.22. The Hall–Kier alpha value is -1.08. The van der Waals surface area contributed by atoms with Crippen LogP contribution >= 0.6 is 34.2 Å². The third-order valence-corrected chi connectivity index (χ3v) is 4.10. The van der Waals surface area contributed by atoms with Crippen molar-refractivity contribution < 1.29 is 5.11 Å². The molecular formula is C14H14ClIN2O2. The lowest BCUT2D eigenvalue weighted by atomic mass is 9.92. The summed E-state index contributed by atoms with van der Waals surface area (Å²) >= 11 is 7.90. The first-order valence-corrected chi connectivity index (χ1v) is 7.45. The zero-order valence-electron chi connectivity index (χ0n) is 11.3. The van der Waals surface area contributed by atoms with Crippen molar-refractivity contribution in [3.8, 4) is 17.1 Å². The number of phenols is 1. The van der Waals surface area contributed by atoms with Crippen LogP contribution in [0.25, 0.3) is 11.4 Å². The number of aromatic amines is 1. The Balaban J connectivity index is 2.67. The summed E-state index contributed by atoms with van der Waals surface area (Å²) in [6.07, 6.45) is 0. The molecule has 2 N–H and O–H groups in total. The van der Waals surface area contributed by atoms with Crippen LogP contribution in [-0.2, 0) is 5.41 Å². The van der Waals surface area contributed by atoms with Gasteiger partial charge in [-0.3, -0.25) is 4.79 Å². The summed E-state index contributed by atoms with van der Waals surface area (Å²) in [5.41, 5.74) is 0.984. The zero-order valence-corrected chi connectivity index (χ0v) is 14.2. The van der Waals surface area contributed by atoms with Crippen molar-refractivity contribution in [1.29, 1.82) is 0 Å². The van der Waals surface area contributed by atoms with E-state index in [1.165, 1.54) is 6.07 Å². The van der Waals surface area contributed by atoms with Gasteiger partial charge in [0.05, 0.1) is 10.7 Å². The van der Waals surface area contributed by atoms with Crippen LogP contribution in [0.3, 0.4) is 0 Å². The van der Waals surface area contributed by atoms with Crippen LogP contribution in [0.5, 0.6) is 5.75 Å². The normalized spacial score (nSPS) is 11.7. The molecule has 106 valence electrons. The summed E-state index contributed by atoms with van der Waals surface area (Å²) in [5.74, 6) is 0.446. The Morgan fingerprint density at radius 3 is 2.55 bits per heavy atom. The molecule has 0 amide bonds. The third-order valence-electron chi connectivity index (χ3n) is 2.79. The van der Waals surface area contributed by atoms with Gasteiger partial charge in [0.15, 0.2) is 0 Å². The minimum absolute atomic E-state index is 0.000630. The molecule has 0 bridgehead atoms. The van der Waals surface area contributed by atoms with Crippen LogP contribution in [-0.4, -0.2) is 15.1 Å². The average molecular weight is 405 g/mol. The van der Waals surface area contributed by atoms with Crippen molar-refractivity contribution in [2.75, 3.05) is 0 Å². The summed E-state index contributed by atoms with van der Waals surface area (Å²) < 4.78 is 0.587. The lowest BCUT2D eigenvalue weighted by molar-refractivity contribution is 0.475. The van der Waals surface area contributed by atoms with Gasteiger partial charge in [-0.25, -0.2) is 4.98 Å². The average Bonchev–Trinajstić information content (AvgIpc) is 2.34. The molecule has 1 aromatic carbocycles. The number of aromatic hydroxyl groups is 1. The maximum atomic E-state index is 12.0. The van der Waals surface area contributed by atoms with Crippen LogP contribution in [0.15, 0.2) is 23.0 Å². The van der Waals surface area contributed by atoms with E-state index in [1.807, 2.05) is 43.4 Å². The fraction of sp³-hybridized carbons (Fsp3) is 0.286. The van der Waals surface area contributed by atoms with E-state index in [2.05, 4.69) is 9.97 Å². The second kappa shape index (κ2) is 5.37. The number of benzene rings is 1. The number of phenolic OH excluding ortho intramolecular Hbond substituents is 1. The fourth-order valence-corrected chi connectivity index (χ4v) is 2.99. The second-order valence-electron chi connectivity index (χ2n) is 5.49. The number of H-pyrrole nitrogens is 1. The Bertz CT molecular complexity index is 720. The van der Waals surface area contributed by atoms with Gasteiger partial charge in [-0.1, -0.05) is 32.4 Å². The first-order chi connectivity index (χ1) is 9.20. The smallest absolute Gasteiger partial charge is 0.264 e. The lowest BCUT2D eigenvalue weighted by Gasteiger charge is -2.19. The predicted octanol–water partition coefficient (Wildman–Crippen LogP) is 3.70. The van der Waals surface area contributed by atoms with Crippen LogP contribution in [0.2, 0.25) is 5.02 Å². The largest absolute Gasteiger partial charge is 0.506 e. The van der Waals surface area contributed by atoms with Crippen molar-refractivity contribution in [3.63, 3.8) is 0 Å². The van der Waals surface area contributed by atoms with Gasteiger partial charge in [0.1, 0.15) is 15.1 Å². The van der Waals surface area contributed by atoms with E-state index in [9.17, 15) is 9.90 Å². The van der Waals surface area contributed by atoms with E-state index in [0.29, 0.717) is 15.0 Å². The van der Waals surface area contributed by atoms with Gasteiger partial charge in [0.2, 0.25) is 0 Å². The molecule has 0 unspecified atom stereocenters. The van der Waals surface area contributed by atoms with E-state index < -0.39 is 0 Å². The summed E-state index contributed by atoms with van der Waals surface area (Å²) in [7, 11) is 0. The zero-order chi connectivity index (χ0) is 15.1. The Kier molecular flexibility index (Phi) is 4.11. The van der Waals surface area contributed by atoms with Gasteiger partial charge >= 0.3 is 0 Å². The molecule has 0 spiro atoms. The number of nitrogens with zero attached hydrogens (tertiary/aromatic N) is 1. The molecule has 1 aromatic heterocycles. The van der Waals surface area contributed by atoms with Gasteiger partial charge in [-0.05, 0) is 40.8 Å². The molecule has 20 heavy (non-hydrogen) atoms. The number of halogens is 2. The summed E-state index contributed by atoms with van der Waals surface area (Å²) in [6, 6.07) is 4.72. The van der Waals surface area contributed by atoms with Gasteiger partial charge in [0.25, 0.3) is 5.56 Å². The molecule has 0 saturated heterocycles. The van der Waals surface area contributed by atoms with Crippen LogP contribution < -0.4 is 5.56 Å². The highest BCUT2D eigenvalue weighted by atomic mass is 127. The van der Waals surface area contributed by atoms with E-state index in [0.717, 1.165) is 5.69 Å². The number of nitrogens with one attached hydrogen (secondary N) is 1. The number of hydrogen-bond donors (Lipinski definition) is 2. The Morgan fingerprint density at radius 2 is 2.00 bits per heavy atom. The number of aromatic nitrogens is 2. The maximum absolute atomic E-state index is 12.0. The predicted molar refractivity (Wildman–Crippen MR) is 88.4 cm³/mol. The molecule has 0 atom stereocenters. The molecule has 1 heterocycles. The van der Waals surface area contributed by atoms with Crippen molar-refractivity contribution in [1.82, 2.24) is 9.97 Å². The fourth-order valence-electron chi connectivity index (χ4n) is 1.75. The molecule has 0 aliphatic rings. The highest BCUT2D eigenvalue weighted by Crippen LogP contribution is 2.29. The van der Waals surface area contributed by atoms with Crippen molar-refractivity contribution in [2.45, 2.75) is 26.2 Å². The molecule has 0 aliphatic heterocycles. The van der Waals surface area contributed by atoms with Gasteiger partial charge in [0, 0.05) is 11.0 Å². The topological polar surface area (TPSA) is 66.0 Å². The molecule has 2 aromatic rings. The Morgan fingerprint density at radius 1 is 1.35 bits per heavy atom. The third kappa shape index (κ3) is 2.98. The Labute approximate surface area is 135 Å². The first-order valence-electron chi connectivity index (χ1n) is 5.99. The van der Waals surface area contributed by atoms with Gasteiger partial charge in [-0.2, -0.15) is 0 Å². The summed E-state index contributed by atoms with van der Waals surface area (Å²) in [5, 5.41) is 9.67. The molecular weight excluding hydrogens is 391 g/mol. The quantitative estimate of drug-likeness (QED) is 0.712. The molecule has 0 radical (unpaired) electrons. The molecule has 0 fully saturated rings. The number of hydrogen-bond acceptors (Lipinski definition) is 3. The number of rotatable bonds is 1. The SMILES string of the molecule is CC(C)(C)c1nc(-c2ccc(O)c(Cl)c2)[nH]c(=O)c1I. The highest BCUT2D eigenvalue weighted by molar-refractivity contribution is 14.1. The summed E-state index contributed by atoms with van der Waals surface area (Å²) in [6.45, 7) is 6.01. The van der Waals surface area contributed by atoms with E-state index >= 15 is 0 Å². The van der Waals surface area contributed by atoms with Gasteiger partial charge < -0.3 is 10.1 Å². The second-order valence-corrected chi connectivity index (χ2v) is 6.98. The standard InChI is InChI=1S/C14H14ClIN2O2/c1-14(2,3)11-10(16)13(20)18-12(17-11)7-4-5-9(19)8(15)6-7/h4-6,19H,1-3H3,(H,17,18,20). The van der Waals surface area contributed by atoms with Crippen LogP contribution in [0.4, 0.5) is 0 Å². The minimum atomic E-state index is -0.236. The van der Waals surface area contributed by atoms with E-state index in [4.69, 9.17) is 11.6 Å². The van der Waals surface area contributed by atoms with Crippen LogP contribution in [0, 0.1) is 3.57 Å². The van der Waals surface area contributed by atoms with E-state index in [1.54, 1.807) is 12.1 Å². The van der Waals surface area contributed by atoms with Crippen molar-refractivity contribution in [3.05, 3.63) is 42.8 Å². The molecule has 6 heteroatoms. The molecule has 4 nitrogen and oxygen atoms in total. The molecule has 2 rings (SSSR count). The van der Waals surface area contributed by atoms with Crippen LogP contribution in [0.1, 0.15) is 26.5 Å². The first kappa shape index (κ1) is 15.3. The van der Waals surface area contributed by atoms with Gasteiger partial charge in [-0.15, -0.1) is 0 Å². The summed E-state index contributed by atoms with van der Waals surface area (Å²) in [4.78, 5) is 19.3. The maximum Gasteiger partial charge on any atom is 0.264 e.